The number of amides is 2. The van der Waals surface area contributed by atoms with Gasteiger partial charge in [-0.1, -0.05) is 81.8 Å². The lowest BCUT2D eigenvalue weighted by molar-refractivity contribution is -0.137. The van der Waals surface area contributed by atoms with Crippen LogP contribution in [0.3, 0.4) is 0 Å². The molecule has 378 valence electrons. The highest BCUT2D eigenvalue weighted by atomic mass is 32.2. The van der Waals surface area contributed by atoms with Crippen molar-refractivity contribution < 1.29 is 80.5 Å². The van der Waals surface area contributed by atoms with Crippen molar-refractivity contribution in [1.82, 2.24) is 30.2 Å². The first kappa shape index (κ1) is 58.1. The molecule has 3 unspecified atom stereocenters. The predicted octanol–water partition coefficient (Wildman–Crippen LogP) is 4.25. The summed E-state index contributed by atoms with van der Waals surface area (Å²) in [4.78, 5) is 88.3. The second kappa shape index (κ2) is 28.4. The Morgan fingerprint density at radius 1 is 0.910 bits per heavy atom. The van der Waals surface area contributed by atoms with Gasteiger partial charge in [0, 0.05) is 37.1 Å². The Kier molecular flexibility index (Phi) is 24.7. The normalized spacial score (nSPS) is 20.4. The summed E-state index contributed by atoms with van der Waals surface area (Å²) < 4.78 is 62.4. The Balaban J connectivity index is 1.32. The van der Waals surface area contributed by atoms with Gasteiger partial charge < -0.3 is 50.9 Å². The number of carbonyl (C=O) groups is 3. The van der Waals surface area contributed by atoms with E-state index in [4.69, 9.17) is 19.5 Å². The fourth-order valence-electron chi connectivity index (χ4n) is 6.19. The van der Waals surface area contributed by atoms with E-state index in [1.807, 2.05) is 0 Å². The van der Waals surface area contributed by atoms with Gasteiger partial charge in [0.05, 0.1) is 19.5 Å². The number of nitrogen functional groups attached to an aromatic ring is 1. The number of phosphoric acid groups is 3. The number of anilines is 1. The number of aliphatic hydroxyl groups excluding tert-OH is 2. The van der Waals surface area contributed by atoms with Crippen LogP contribution in [-0.2, 0) is 50.7 Å². The van der Waals surface area contributed by atoms with E-state index in [1.54, 1.807) is 0 Å². The molecule has 0 aliphatic carbocycles. The molecule has 0 radical (unpaired) electrons. The van der Waals surface area contributed by atoms with Crippen LogP contribution in [0.1, 0.15) is 97.6 Å². The standard InChI is InChI=1S/C39H64N7O17P3S/c1-4-5-6-7-8-9-10-11-12-13-14-15-16-17-18-19-30(48)67-23-22-41-29(47)20-21-42-37(51)34(50)39(2,3)25-60-66(57,58)63-65(55,56)59-24-28-33(62-64(52,53)54)32(49)38(61-28)46-27-45-31-35(40)43-26-44-36(31)46/h8-9,11-12,14-15,26-28,32-34,38,49-50H,4-7,10,13,16-25H2,1-3H3,(H,41,47)(H,42,51)(H,55,56)(H,57,58)(H2,40,43,44)(H2,52,53,54)/b9-8-,12-11-,15-14-/t28-,32?,33+,34+,38-/m1/s1. The van der Waals surface area contributed by atoms with Gasteiger partial charge in [-0.15, -0.1) is 0 Å². The molecule has 28 heteroatoms. The lowest BCUT2D eigenvalue weighted by atomic mass is 9.87. The van der Waals surface area contributed by atoms with Crippen molar-refractivity contribution in [2.75, 3.05) is 37.8 Å². The summed E-state index contributed by atoms with van der Waals surface area (Å²) in [7, 11) is -16.4. The largest absolute Gasteiger partial charge is 0.481 e. The number of aromatic nitrogens is 4. The zero-order chi connectivity index (χ0) is 49.7. The molecule has 10 N–H and O–H groups in total. The van der Waals surface area contributed by atoms with Crippen LogP contribution in [0.15, 0.2) is 49.1 Å². The molecule has 24 nitrogen and oxygen atoms in total. The molecule has 0 spiro atoms. The van der Waals surface area contributed by atoms with E-state index in [2.05, 4.69) is 77.8 Å². The summed E-state index contributed by atoms with van der Waals surface area (Å²) in [5.41, 5.74) is 4.28. The Bertz CT molecular complexity index is 2140. The molecule has 1 saturated heterocycles. The molecule has 3 rings (SSSR count). The Hall–Kier alpha value is -3.22. The lowest BCUT2D eigenvalue weighted by Crippen LogP contribution is -2.46. The van der Waals surface area contributed by atoms with Crippen molar-refractivity contribution in [2.45, 2.75) is 122 Å². The second-order valence-corrected chi connectivity index (χ2v) is 21.3. The van der Waals surface area contributed by atoms with E-state index in [-0.39, 0.29) is 41.6 Å². The maximum absolute atomic E-state index is 12.7. The predicted molar refractivity (Wildman–Crippen MR) is 246 cm³/mol. The average molecular weight is 1030 g/mol. The summed E-state index contributed by atoms with van der Waals surface area (Å²) in [5, 5.41) is 26.6. The van der Waals surface area contributed by atoms with Crippen LogP contribution < -0.4 is 16.4 Å². The number of ether oxygens (including phenoxy) is 1. The molecule has 7 atom stereocenters. The third-order valence-electron chi connectivity index (χ3n) is 9.79. The third-order valence-corrected chi connectivity index (χ3v) is 13.8. The number of thioether (sulfide) groups is 1. The number of imidazole rings is 1. The van der Waals surface area contributed by atoms with Crippen LogP contribution in [0.4, 0.5) is 5.82 Å². The molecular formula is C39H64N7O17P3S. The first-order valence-electron chi connectivity index (χ1n) is 21.6. The minimum absolute atomic E-state index is 0.0286. The number of unbranched alkanes of at least 4 members (excludes halogenated alkanes) is 5. The molecule has 0 bridgehead atoms. The molecular weight excluding hydrogens is 963 g/mol. The van der Waals surface area contributed by atoms with E-state index in [0.29, 0.717) is 12.2 Å². The van der Waals surface area contributed by atoms with E-state index < -0.39 is 84.6 Å². The van der Waals surface area contributed by atoms with E-state index in [1.165, 1.54) is 33.1 Å². The molecule has 0 aromatic carbocycles. The lowest BCUT2D eigenvalue weighted by Gasteiger charge is -2.30. The second-order valence-electron chi connectivity index (χ2n) is 15.9. The summed E-state index contributed by atoms with van der Waals surface area (Å²) in [6.07, 6.45) is 15.7. The molecule has 2 amide bonds. The van der Waals surface area contributed by atoms with Crippen LogP contribution in [0, 0.1) is 5.41 Å². The Morgan fingerprint density at radius 3 is 2.21 bits per heavy atom. The number of rotatable bonds is 32. The van der Waals surface area contributed by atoms with Crippen LogP contribution >= 0.6 is 35.2 Å². The van der Waals surface area contributed by atoms with Gasteiger partial charge in [-0.2, -0.15) is 4.31 Å². The smallest absolute Gasteiger partial charge is 0.386 e. The number of aliphatic hydroxyl groups is 2. The van der Waals surface area contributed by atoms with Crippen molar-refractivity contribution in [3.8, 4) is 0 Å². The number of hydrogen-bond acceptors (Lipinski definition) is 18. The SMILES string of the molecule is CCCCC/C=C\C/C=C\C/C=C\CCCCC(=O)SCCNC(=O)CCNC(=O)[C@H](O)C(C)(C)COP(=O)(O)OP(=O)(O)OC[C@H]1O[C@@H](n2cnc3c(N)ncnc32)C(O)[C@H]1OP(=O)(O)O. The van der Waals surface area contributed by atoms with Crippen molar-refractivity contribution in [2.24, 2.45) is 5.41 Å². The number of nitrogens with zero attached hydrogens (tertiary/aromatic N) is 4. The number of nitrogens with one attached hydrogen (secondary N) is 2. The topological polar surface area (TPSA) is 364 Å². The van der Waals surface area contributed by atoms with Gasteiger partial charge in [0.2, 0.25) is 11.8 Å². The van der Waals surface area contributed by atoms with Crippen molar-refractivity contribution in [3.05, 3.63) is 49.1 Å². The Labute approximate surface area is 393 Å². The highest BCUT2D eigenvalue weighted by Crippen LogP contribution is 2.61. The highest BCUT2D eigenvalue weighted by molar-refractivity contribution is 8.13. The van der Waals surface area contributed by atoms with Gasteiger partial charge >= 0.3 is 23.5 Å². The molecule has 3 heterocycles. The van der Waals surface area contributed by atoms with Crippen molar-refractivity contribution in [1.29, 1.82) is 0 Å². The van der Waals surface area contributed by atoms with Crippen LogP contribution in [-0.4, -0.2) is 123 Å². The molecule has 1 aliphatic heterocycles. The number of phosphoric ester groups is 3. The first-order chi connectivity index (χ1) is 31.6. The number of allylic oxidation sites excluding steroid dienone is 6. The van der Waals surface area contributed by atoms with E-state index >= 15 is 0 Å². The molecule has 2 aromatic rings. The minimum Gasteiger partial charge on any atom is -0.386 e. The molecule has 1 aliphatic rings. The van der Waals surface area contributed by atoms with Gasteiger partial charge in [-0.3, -0.25) is 32.5 Å². The number of fused-ring (bicyclic) bond motifs is 1. The molecule has 67 heavy (non-hydrogen) atoms. The number of hydrogen-bond donors (Lipinski definition) is 9. The molecule has 0 saturated carbocycles. The van der Waals surface area contributed by atoms with Crippen LogP contribution in [0.5, 0.6) is 0 Å². The third kappa shape index (κ3) is 21.5. The van der Waals surface area contributed by atoms with E-state index in [9.17, 15) is 57.9 Å². The zero-order valence-corrected chi connectivity index (χ0v) is 41.1. The van der Waals surface area contributed by atoms with Gasteiger partial charge in [0.1, 0.15) is 36.3 Å². The number of nitrogens with two attached hydrogens (primary N) is 1. The summed E-state index contributed by atoms with van der Waals surface area (Å²) in [5.74, 6) is -1.07. The van der Waals surface area contributed by atoms with Crippen LogP contribution in [0.25, 0.3) is 11.2 Å². The fourth-order valence-corrected chi connectivity index (χ4v) is 9.74. The van der Waals surface area contributed by atoms with Gasteiger partial charge in [-0.05, 0) is 44.9 Å². The summed E-state index contributed by atoms with van der Waals surface area (Å²) >= 11 is 1.12. The molecule has 1 fully saturated rings. The first-order valence-corrected chi connectivity index (χ1v) is 27.1. The maximum atomic E-state index is 12.7. The summed E-state index contributed by atoms with van der Waals surface area (Å²) in [6, 6.07) is 0. The fraction of sp³-hybridized carbons (Fsp3) is 0.641. The summed E-state index contributed by atoms with van der Waals surface area (Å²) in [6.45, 7) is 2.72. The number of carbonyl (C=O) groups excluding carboxylic acids is 3. The maximum Gasteiger partial charge on any atom is 0.481 e. The molecule has 2 aromatic heterocycles. The van der Waals surface area contributed by atoms with Crippen LogP contribution in [0.2, 0.25) is 0 Å². The minimum atomic E-state index is -5.58. The van der Waals surface area contributed by atoms with Gasteiger partial charge in [0.25, 0.3) is 0 Å². The monoisotopic (exact) mass is 1030 g/mol. The Morgan fingerprint density at radius 2 is 1.55 bits per heavy atom. The van der Waals surface area contributed by atoms with Crippen molar-refractivity contribution in [3.63, 3.8) is 0 Å². The highest BCUT2D eigenvalue weighted by Gasteiger charge is 2.50. The average Bonchev–Trinajstić information content (AvgIpc) is 3.81. The van der Waals surface area contributed by atoms with E-state index in [0.717, 1.165) is 67.5 Å². The van der Waals surface area contributed by atoms with Gasteiger partial charge in [0.15, 0.2) is 22.8 Å². The zero-order valence-electron chi connectivity index (χ0n) is 37.6. The van der Waals surface area contributed by atoms with Gasteiger partial charge in [-0.25, -0.2) is 28.6 Å². The quantitative estimate of drug-likeness (QED) is 0.0281. The van der Waals surface area contributed by atoms with Crippen molar-refractivity contribution >= 4 is 69.1 Å².